The molecule has 0 aromatic rings. The number of hydrogen-bond acceptors (Lipinski definition) is 7. The molecule has 11 heteroatoms. The lowest BCUT2D eigenvalue weighted by atomic mass is 9.99. The molecule has 3 amide bonds. The van der Waals surface area contributed by atoms with E-state index in [0.717, 1.165) is 6.42 Å². The molecular formula is C17H30N4O6S. The zero-order chi connectivity index (χ0) is 21.3. The van der Waals surface area contributed by atoms with Crippen LogP contribution in [0.5, 0.6) is 0 Å². The first-order chi connectivity index (χ1) is 13.2. The molecule has 1 aliphatic rings. The molecule has 0 aromatic carbocycles. The number of thiol groups is 1. The van der Waals surface area contributed by atoms with E-state index in [1.165, 1.54) is 0 Å². The van der Waals surface area contributed by atoms with Gasteiger partial charge in [0.15, 0.2) is 0 Å². The first kappa shape index (κ1) is 24.2. The van der Waals surface area contributed by atoms with Crippen LogP contribution in [0, 0.1) is 5.92 Å². The molecule has 1 heterocycles. The average molecular weight is 419 g/mol. The Balaban J connectivity index is 2.69. The molecule has 0 radical (unpaired) electrons. The largest absolute Gasteiger partial charge is 0.480 e. The lowest BCUT2D eigenvalue weighted by molar-refractivity contribution is -0.143. The maximum atomic E-state index is 12.4. The number of nitrogens with one attached hydrogen (secondary N) is 4. The molecule has 5 unspecified atom stereocenters. The molecule has 0 aromatic heterocycles. The molecule has 5 atom stereocenters. The lowest BCUT2D eigenvalue weighted by Gasteiger charge is -2.25. The number of carbonyl (C=O) groups excluding carboxylic acids is 3. The van der Waals surface area contributed by atoms with E-state index in [4.69, 9.17) is 0 Å². The van der Waals surface area contributed by atoms with Crippen LogP contribution in [0.3, 0.4) is 0 Å². The summed E-state index contributed by atoms with van der Waals surface area (Å²) in [5.74, 6) is -3.41. The van der Waals surface area contributed by atoms with E-state index in [0.29, 0.717) is 19.4 Å². The molecule has 160 valence electrons. The third kappa shape index (κ3) is 6.95. The van der Waals surface area contributed by atoms with Gasteiger partial charge in [0.2, 0.25) is 17.7 Å². The number of rotatable bonds is 11. The molecule has 1 fully saturated rings. The predicted molar refractivity (Wildman–Crippen MR) is 105 cm³/mol. The molecule has 6 N–H and O–H groups in total. The molecule has 28 heavy (non-hydrogen) atoms. The second-order valence-corrected chi connectivity index (χ2v) is 7.21. The van der Waals surface area contributed by atoms with Gasteiger partial charge in [0.25, 0.3) is 0 Å². The highest BCUT2D eigenvalue weighted by Gasteiger charge is 2.31. The predicted octanol–water partition coefficient (Wildman–Crippen LogP) is -1.75. The third-order valence-corrected chi connectivity index (χ3v) is 5.15. The van der Waals surface area contributed by atoms with Crippen molar-refractivity contribution >= 4 is 36.3 Å². The van der Waals surface area contributed by atoms with Crippen molar-refractivity contribution in [3.8, 4) is 0 Å². The third-order valence-electron chi connectivity index (χ3n) is 4.78. The van der Waals surface area contributed by atoms with Gasteiger partial charge in [-0.15, -0.1) is 0 Å². The topological polar surface area (TPSA) is 157 Å². The number of aliphatic carboxylic acids is 1. The quantitative estimate of drug-likeness (QED) is 0.196. The van der Waals surface area contributed by atoms with Gasteiger partial charge in [-0.2, -0.15) is 12.6 Å². The van der Waals surface area contributed by atoms with Gasteiger partial charge in [0.05, 0.1) is 12.6 Å². The van der Waals surface area contributed by atoms with Crippen molar-refractivity contribution in [1.82, 2.24) is 21.3 Å². The van der Waals surface area contributed by atoms with Gasteiger partial charge in [-0.1, -0.05) is 20.3 Å². The minimum Gasteiger partial charge on any atom is -0.480 e. The fraction of sp³-hybridized carbons (Fsp3) is 0.765. The zero-order valence-corrected chi connectivity index (χ0v) is 17.0. The summed E-state index contributed by atoms with van der Waals surface area (Å²) in [6.45, 7) is 3.56. The second-order valence-electron chi connectivity index (χ2n) is 6.85. The van der Waals surface area contributed by atoms with Crippen molar-refractivity contribution in [2.75, 3.05) is 18.9 Å². The molecule has 1 saturated heterocycles. The Morgan fingerprint density at radius 1 is 1.14 bits per heavy atom. The van der Waals surface area contributed by atoms with Gasteiger partial charge < -0.3 is 31.5 Å². The number of aliphatic hydroxyl groups is 1. The van der Waals surface area contributed by atoms with Crippen LogP contribution >= 0.6 is 12.6 Å². The van der Waals surface area contributed by atoms with Gasteiger partial charge in [0.1, 0.15) is 18.1 Å². The number of amides is 3. The van der Waals surface area contributed by atoms with Crippen LogP contribution in [0.25, 0.3) is 0 Å². The van der Waals surface area contributed by atoms with Gasteiger partial charge >= 0.3 is 5.97 Å². The number of carbonyl (C=O) groups is 4. The minimum absolute atomic E-state index is 0.0826. The van der Waals surface area contributed by atoms with Crippen molar-refractivity contribution in [3.05, 3.63) is 0 Å². The molecule has 0 bridgehead atoms. The van der Waals surface area contributed by atoms with Crippen molar-refractivity contribution in [1.29, 1.82) is 0 Å². The summed E-state index contributed by atoms with van der Waals surface area (Å²) in [5, 5.41) is 29.0. The number of aliphatic hydroxyl groups excluding tert-OH is 1. The highest BCUT2D eigenvalue weighted by Crippen LogP contribution is 2.09. The van der Waals surface area contributed by atoms with Crippen molar-refractivity contribution in [2.45, 2.75) is 57.3 Å². The molecule has 0 spiro atoms. The fourth-order valence-corrected chi connectivity index (χ4v) is 3.04. The van der Waals surface area contributed by atoms with E-state index in [-0.39, 0.29) is 11.7 Å². The standard InChI is InChI=1S/C17H30N4O6S/c1-3-9(2)13(17(26)27)21-16(25)12(8-28)20-15(24)11(7-22)19-14(23)10-5-4-6-18-10/h9-13,18,22,28H,3-8H2,1-2H3,(H,19,23)(H,20,24)(H,21,25)(H,26,27). The number of hydrogen-bond donors (Lipinski definition) is 7. The van der Waals surface area contributed by atoms with Crippen LogP contribution in [0.4, 0.5) is 0 Å². The van der Waals surface area contributed by atoms with E-state index >= 15 is 0 Å². The molecule has 1 aliphatic heterocycles. The summed E-state index contributed by atoms with van der Waals surface area (Å²) in [6, 6.07) is -3.86. The maximum absolute atomic E-state index is 12.4. The van der Waals surface area contributed by atoms with Crippen molar-refractivity contribution in [2.24, 2.45) is 5.92 Å². The summed E-state index contributed by atoms with van der Waals surface area (Å²) in [5.41, 5.74) is 0. The minimum atomic E-state index is -1.23. The van der Waals surface area contributed by atoms with Crippen molar-refractivity contribution in [3.63, 3.8) is 0 Å². The maximum Gasteiger partial charge on any atom is 0.326 e. The van der Waals surface area contributed by atoms with E-state index < -0.39 is 54.5 Å². The molecule has 0 saturated carbocycles. The number of carboxylic acids is 1. The molecular weight excluding hydrogens is 388 g/mol. The summed E-state index contributed by atoms with van der Waals surface area (Å²) in [6.07, 6.45) is 2.03. The second kappa shape index (κ2) is 11.9. The first-order valence-corrected chi connectivity index (χ1v) is 9.97. The fourth-order valence-electron chi connectivity index (χ4n) is 2.78. The van der Waals surface area contributed by atoms with E-state index in [9.17, 15) is 29.4 Å². The first-order valence-electron chi connectivity index (χ1n) is 9.34. The highest BCUT2D eigenvalue weighted by atomic mass is 32.1. The van der Waals surface area contributed by atoms with E-state index in [1.54, 1.807) is 13.8 Å². The van der Waals surface area contributed by atoms with E-state index in [1.807, 2.05) is 0 Å². The van der Waals surface area contributed by atoms with Gasteiger partial charge in [-0.3, -0.25) is 14.4 Å². The Labute approximate surface area is 169 Å². The van der Waals surface area contributed by atoms with Crippen LogP contribution in [0.2, 0.25) is 0 Å². The number of carboxylic acid groups (broad SMARTS) is 1. The van der Waals surface area contributed by atoms with Crippen molar-refractivity contribution < 1.29 is 29.4 Å². The van der Waals surface area contributed by atoms with Crippen LogP contribution in [-0.4, -0.2) is 77.0 Å². The monoisotopic (exact) mass is 418 g/mol. The Morgan fingerprint density at radius 2 is 1.79 bits per heavy atom. The van der Waals surface area contributed by atoms with Crippen LogP contribution in [0.15, 0.2) is 0 Å². The van der Waals surface area contributed by atoms with Crippen LogP contribution in [-0.2, 0) is 19.2 Å². The Hall–Kier alpha value is -1.85. The normalized spacial score (nSPS) is 20.5. The lowest BCUT2D eigenvalue weighted by Crippen LogP contribution is -2.59. The summed E-state index contributed by atoms with van der Waals surface area (Å²) < 4.78 is 0. The molecule has 1 rings (SSSR count). The summed E-state index contributed by atoms with van der Waals surface area (Å²) in [7, 11) is 0. The smallest absolute Gasteiger partial charge is 0.326 e. The Kier molecular flexibility index (Phi) is 10.3. The average Bonchev–Trinajstić information content (AvgIpc) is 3.21. The van der Waals surface area contributed by atoms with Gasteiger partial charge in [-0.05, 0) is 25.3 Å². The SMILES string of the molecule is CCC(C)C(NC(=O)C(CS)NC(=O)C(CO)NC(=O)C1CCCN1)C(=O)O. The summed E-state index contributed by atoms with van der Waals surface area (Å²) in [4.78, 5) is 48.2. The van der Waals surface area contributed by atoms with Crippen LogP contribution in [0.1, 0.15) is 33.1 Å². The van der Waals surface area contributed by atoms with E-state index in [2.05, 4.69) is 33.9 Å². The Bertz CT molecular complexity index is 570. The van der Waals surface area contributed by atoms with Crippen LogP contribution < -0.4 is 21.3 Å². The zero-order valence-electron chi connectivity index (χ0n) is 16.1. The molecule has 10 nitrogen and oxygen atoms in total. The molecule has 0 aliphatic carbocycles. The summed E-state index contributed by atoms with van der Waals surface area (Å²) >= 11 is 4.03. The van der Waals surface area contributed by atoms with Gasteiger partial charge in [0, 0.05) is 5.75 Å². The Morgan fingerprint density at radius 3 is 2.25 bits per heavy atom. The van der Waals surface area contributed by atoms with Gasteiger partial charge in [-0.25, -0.2) is 4.79 Å². The highest BCUT2D eigenvalue weighted by molar-refractivity contribution is 7.80.